The van der Waals surface area contributed by atoms with Gasteiger partial charge in [0.2, 0.25) is 0 Å². The van der Waals surface area contributed by atoms with Crippen molar-refractivity contribution in [3.8, 4) is 0 Å². The Morgan fingerprint density at radius 3 is 2.67 bits per heavy atom. The molecule has 0 radical (unpaired) electrons. The van der Waals surface area contributed by atoms with Gasteiger partial charge in [-0.15, -0.1) is 0 Å². The molecule has 0 amide bonds. The molecular formula is C27H31FN6O2. The van der Waals surface area contributed by atoms with Crippen LogP contribution in [-0.2, 0) is 15.9 Å². The molecule has 2 fully saturated rings. The van der Waals surface area contributed by atoms with Crippen molar-refractivity contribution in [2.24, 2.45) is 5.92 Å². The standard InChI is InChI=1S/C27H31FN6O2/c1-27(2)35-22-17(8-6-15-5-7-16-12-19(28)25(30-4)33-20(16)11-15)13-21(23(22)36-27)34-10-9-18-24(29-3)31-14-32-26(18)34/h5,7,9-12,14,17,21-23H,6,8,13H2,1-4H3,(H,30,33)(H,29,31,32)/t17-,21+,22+,23-/m0/s1. The van der Waals surface area contributed by atoms with Crippen LogP contribution in [0.25, 0.3) is 21.9 Å². The van der Waals surface area contributed by atoms with E-state index in [-0.39, 0.29) is 29.9 Å². The van der Waals surface area contributed by atoms with Gasteiger partial charge in [0, 0.05) is 25.7 Å². The van der Waals surface area contributed by atoms with Gasteiger partial charge in [0.25, 0.3) is 0 Å². The number of ether oxygens (including phenoxy) is 2. The van der Waals surface area contributed by atoms with Gasteiger partial charge in [-0.05, 0) is 62.8 Å². The van der Waals surface area contributed by atoms with Crippen LogP contribution in [0, 0.1) is 11.7 Å². The second-order valence-corrected chi connectivity index (χ2v) is 10.2. The Morgan fingerprint density at radius 1 is 1.06 bits per heavy atom. The molecular weight excluding hydrogens is 459 g/mol. The number of aromatic nitrogens is 4. The Kier molecular flexibility index (Phi) is 5.57. The second kappa shape index (κ2) is 8.67. The van der Waals surface area contributed by atoms with Crippen molar-refractivity contribution in [2.75, 3.05) is 24.7 Å². The monoisotopic (exact) mass is 490 g/mol. The lowest BCUT2D eigenvalue weighted by atomic mass is 9.95. The summed E-state index contributed by atoms with van der Waals surface area (Å²) in [6.45, 7) is 3.98. The lowest BCUT2D eigenvalue weighted by molar-refractivity contribution is -0.160. The first-order chi connectivity index (χ1) is 17.4. The summed E-state index contributed by atoms with van der Waals surface area (Å²) < 4.78 is 29.2. The highest BCUT2D eigenvalue weighted by Crippen LogP contribution is 2.49. The zero-order valence-electron chi connectivity index (χ0n) is 21.0. The van der Waals surface area contributed by atoms with E-state index < -0.39 is 5.79 Å². The van der Waals surface area contributed by atoms with Gasteiger partial charge in [0.05, 0.1) is 23.0 Å². The number of hydrogen-bond donors (Lipinski definition) is 2. The number of rotatable bonds is 6. The maximum absolute atomic E-state index is 14.1. The molecule has 4 atom stereocenters. The summed E-state index contributed by atoms with van der Waals surface area (Å²) in [5, 5.41) is 7.77. The molecule has 1 saturated heterocycles. The number of pyridine rings is 1. The lowest BCUT2D eigenvalue weighted by Gasteiger charge is -2.24. The molecule has 188 valence electrons. The van der Waals surface area contributed by atoms with E-state index in [0.29, 0.717) is 5.92 Å². The molecule has 1 saturated carbocycles. The molecule has 4 heterocycles. The Hall–Kier alpha value is -3.30. The largest absolute Gasteiger partial charge is 0.372 e. The van der Waals surface area contributed by atoms with Crippen LogP contribution >= 0.6 is 0 Å². The highest BCUT2D eigenvalue weighted by Gasteiger charge is 2.54. The average Bonchev–Trinajstić information content (AvgIpc) is 3.52. The minimum atomic E-state index is -0.624. The van der Waals surface area contributed by atoms with Gasteiger partial charge < -0.3 is 24.7 Å². The number of hydrogen-bond acceptors (Lipinski definition) is 7. The minimum Gasteiger partial charge on any atom is -0.372 e. The van der Waals surface area contributed by atoms with Crippen LogP contribution < -0.4 is 10.6 Å². The average molecular weight is 491 g/mol. The highest BCUT2D eigenvalue weighted by molar-refractivity contribution is 5.87. The smallest absolute Gasteiger partial charge is 0.166 e. The molecule has 0 unspecified atom stereocenters. The number of benzene rings is 1. The molecule has 8 nitrogen and oxygen atoms in total. The van der Waals surface area contributed by atoms with Crippen molar-refractivity contribution in [1.82, 2.24) is 19.5 Å². The fourth-order valence-electron chi connectivity index (χ4n) is 5.92. The number of anilines is 2. The number of fused-ring (bicyclic) bond motifs is 3. The van der Waals surface area contributed by atoms with E-state index in [4.69, 9.17) is 9.47 Å². The topological polar surface area (TPSA) is 86.1 Å². The summed E-state index contributed by atoms with van der Waals surface area (Å²) >= 11 is 0. The summed E-state index contributed by atoms with van der Waals surface area (Å²) in [4.78, 5) is 13.4. The van der Waals surface area contributed by atoms with Gasteiger partial charge in [-0.1, -0.05) is 12.1 Å². The van der Waals surface area contributed by atoms with Crippen molar-refractivity contribution in [1.29, 1.82) is 0 Å². The summed E-state index contributed by atoms with van der Waals surface area (Å²) in [5.74, 6) is 0.450. The predicted octanol–water partition coefficient (Wildman–Crippen LogP) is 4.92. The quantitative estimate of drug-likeness (QED) is 0.397. The van der Waals surface area contributed by atoms with Crippen molar-refractivity contribution >= 4 is 33.6 Å². The van der Waals surface area contributed by atoms with Crippen molar-refractivity contribution < 1.29 is 13.9 Å². The van der Waals surface area contributed by atoms with Crippen molar-refractivity contribution in [3.63, 3.8) is 0 Å². The van der Waals surface area contributed by atoms with Gasteiger partial charge in [-0.2, -0.15) is 0 Å². The molecule has 9 heteroatoms. The molecule has 1 aliphatic heterocycles. The van der Waals surface area contributed by atoms with E-state index in [1.807, 2.05) is 27.0 Å². The molecule has 6 rings (SSSR count). The van der Waals surface area contributed by atoms with E-state index in [9.17, 15) is 4.39 Å². The number of halogens is 1. The predicted molar refractivity (Wildman–Crippen MR) is 138 cm³/mol. The molecule has 4 aromatic rings. The van der Waals surface area contributed by atoms with Crippen LogP contribution in [0.5, 0.6) is 0 Å². The van der Waals surface area contributed by atoms with E-state index in [0.717, 1.165) is 47.0 Å². The lowest BCUT2D eigenvalue weighted by Crippen LogP contribution is -2.27. The minimum absolute atomic E-state index is 0.0108. The third kappa shape index (κ3) is 3.87. The van der Waals surface area contributed by atoms with Gasteiger partial charge in [0.15, 0.2) is 17.4 Å². The molecule has 2 N–H and O–H groups in total. The molecule has 3 aromatic heterocycles. The normalized spacial score (nSPS) is 24.9. The molecule has 2 aliphatic rings. The molecule has 36 heavy (non-hydrogen) atoms. The van der Waals surface area contributed by atoms with Crippen molar-refractivity contribution in [2.45, 2.75) is 57.1 Å². The summed E-state index contributed by atoms with van der Waals surface area (Å²) in [6.07, 6.45) is 6.43. The SMILES string of the molecule is CNc1nc2cc(CC[C@H]3C[C@@H](n4ccc5c(NC)ncnc54)[C@@H]4OC(C)(C)O[C@H]34)ccc2cc1F. The molecule has 1 aliphatic carbocycles. The van der Waals surface area contributed by atoms with E-state index >= 15 is 0 Å². The van der Waals surface area contributed by atoms with E-state index in [1.54, 1.807) is 13.4 Å². The van der Waals surface area contributed by atoms with Crippen LogP contribution in [0.3, 0.4) is 0 Å². The summed E-state index contributed by atoms with van der Waals surface area (Å²) in [5.41, 5.74) is 2.88. The van der Waals surface area contributed by atoms with Crippen LogP contribution in [-0.4, -0.2) is 51.6 Å². The maximum atomic E-state index is 14.1. The molecule has 0 bridgehead atoms. The van der Waals surface area contributed by atoms with Crippen LogP contribution in [0.2, 0.25) is 0 Å². The second-order valence-electron chi connectivity index (χ2n) is 10.2. The fourth-order valence-corrected chi connectivity index (χ4v) is 5.92. The molecule has 1 aromatic carbocycles. The van der Waals surface area contributed by atoms with E-state index in [1.165, 1.54) is 11.6 Å². The van der Waals surface area contributed by atoms with Crippen molar-refractivity contribution in [3.05, 3.63) is 54.2 Å². The first-order valence-electron chi connectivity index (χ1n) is 12.5. The summed E-state index contributed by atoms with van der Waals surface area (Å²) in [6, 6.07) is 9.79. The van der Waals surface area contributed by atoms with Crippen LogP contribution in [0.4, 0.5) is 16.0 Å². The maximum Gasteiger partial charge on any atom is 0.166 e. The van der Waals surface area contributed by atoms with Gasteiger partial charge in [-0.25, -0.2) is 19.3 Å². The Labute approximate surface area is 209 Å². The summed E-state index contributed by atoms with van der Waals surface area (Å²) in [7, 11) is 3.55. The Morgan fingerprint density at radius 2 is 1.86 bits per heavy atom. The van der Waals surface area contributed by atoms with Gasteiger partial charge in [-0.3, -0.25) is 0 Å². The molecule has 0 spiro atoms. The number of nitrogens with one attached hydrogen (secondary N) is 2. The zero-order chi connectivity index (χ0) is 25.0. The Balaban J connectivity index is 1.26. The third-order valence-corrected chi connectivity index (χ3v) is 7.53. The fraction of sp³-hybridized carbons (Fsp3) is 0.444. The number of aryl methyl sites for hydroxylation is 1. The van der Waals surface area contributed by atoms with E-state index in [2.05, 4.69) is 54.5 Å². The highest BCUT2D eigenvalue weighted by atomic mass is 19.1. The van der Waals surface area contributed by atoms with Crippen LogP contribution in [0.1, 0.15) is 38.3 Å². The van der Waals surface area contributed by atoms with Gasteiger partial charge in [0.1, 0.15) is 23.9 Å². The number of nitrogens with zero attached hydrogens (tertiary/aromatic N) is 4. The first-order valence-corrected chi connectivity index (χ1v) is 12.5. The Bertz CT molecular complexity index is 1440. The van der Waals surface area contributed by atoms with Gasteiger partial charge >= 0.3 is 0 Å². The zero-order valence-corrected chi connectivity index (χ0v) is 21.0. The van der Waals surface area contributed by atoms with Crippen LogP contribution in [0.15, 0.2) is 42.9 Å². The first kappa shape index (κ1) is 23.1. The third-order valence-electron chi connectivity index (χ3n) is 7.53.